The van der Waals surface area contributed by atoms with Crippen molar-refractivity contribution in [3.05, 3.63) is 29.0 Å². The smallest absolute Gasteiger partial charge is 0.306 e. The summed E-state index contributed by atoms with van der Waals surface area (Å²) >= 11 is 5.90. The molecule has 6 heteroatoms. The summed E-state index contributed by atoms with van der Waals surface area (Å²) in [5.74, 6) is -1.26. The SMILES string of the molecule is O=C(NC1CCC(C(=O)O)CC1)c1ccncc1Cl. The van der Waals surface area contributed by atoms with Gasteiger partial charge < -0.3 is 10.4 Å². The van der Waals surface area contributed by atoms with E-state index in [4.69, 9.17) is 16.7 Å². The topological polar surface area (TPSA) is 79.3 Å². The fraction of sp³-hybridized carbons (Fsp3) is 0.462. The highest BCUT2D eigenvalue weighted by molar-refractivity contribution is 6.33. The lowest BCUT2D eigenvalue weighted by molar-refractivity contribution is -0.142. The van der Waals surface area contributed by atoms with Gasteiger partial charge in [0.25, 0.3) is 5.91 Å². The molecule has 0 radical (unpaired) electrons. The van der Waals surface area contributed by atoms with E-state index in [0.717, 1.165) is 0 Å². The molecule has 1 aromatic heterocycles. The Labute approximate surface area is 116 Å². The van der Waals surface area contributed by atoms with Crippen LogP contribution in [0.4, 0.5) is 0 Å². The number of carbonyl (C=O) groups excluding carboxylic acids is 1. The predicted octanol–water partition coefficient (Wildman–Crippen LogP) is 2.11. The normalized spacial score (nSPS) is 22.8. The van der Waals surface area contributed by atoms with Gasteiger partial charge in [-0.3, -0.25) is 14.6 Å². The van der Waals surface area contributed by atoms with Crippen LogP contribution in [0.15, 0.2) is 18.5 Å². The van der Waals surface area contributed by atoms with E-state index in [1.165, 1.54) is 12.4 Å². The summed E-state index contributed by atoms with van der Waals surface area (Å²) in [4.78, 5) is 26.7. The average Bonchev–Trinajstić information content (AvgIpc) is 2.39. The van der Waals surface area contributed by atoms with Crippen LogP contribution in [-0.4, -0.2) is 28.0 Å². The molecule has 0 saturated heterocycles. The molecule has 1 saturated carbocycles. The quantitative estimate of drug-likeness (QED) is 0.890. The van der Waals surface area contributed by atoms with Crippen molar-refractivity contribution in [2.24, 2.45) is 5.92 Å². The summed E-state index contributed by atoms with van der Waals surface area (Å²) in [6.07, 6.45) is 5.52. The summed E-state index contributed by atoms with van der Waals surface area (Å²) in [7, 11) is 0. The Bertz CT molecular complexity index is 485. The fourth-order valence-corrected chi connectivity index (χ4v) is 2.51. The Kier molecular flexibility index (Phi) is 4.37. The van der Waals surface area contributed by atoms with Gasteiger partial charge in [-0.15, -0.1) is 0 Å². The molecular formula is C13H15ClN2O3. The van der Waals surface area contributed by atoms with E-state index in [0.29, 0.717) is 36.3 Å². The monoisotopic (exact) mass is 282 g/mol. The molecule has 0 aliphatic heterocycles. The largest absolute Gasteiger partial charge is 0.481 e. The molecule has 1 aliphatic carbocycles. The Hall–Kier alpha value is -1.62. The van der Waals surface area contributed by atoms with Gasteiger partial charge in [-0.2, -0.15) is 0 Å². The number of aromatic nitrogens is 1. The molecule has 0 spiro atoms. The van der Waals surface area contributed by atoms with Crippen LogP contribution in [0.1, 0.15) is 36.0 Å². The molecule has 5 nitrogen and oxygen atoms in total. The third-order valence-electron chi connectivity index (χ3n) is 3.43. The van der Waals surface area contributed by atoms with Crippen molar-refractivity contribution in [3.63, 3.8) is 0 Å². The van der Waals surface area contributed by atoms with E-state index < -0.39 is 5.97 Å². The number of halogens is 1. The standard InChI is InChI=1S/C13H15ClN2O3/c14-11-7-15-6-5-10(11)12(17)16-9-3-1-8(2-4-9)13(18)19/h5-9H,1-4H2,(H,16,17)(H,18,19). The highest BCUT2D eigenvalue weighted by Gasteiger charge is 2.27. The zero-order valence-corrected chi connectivity index (χ0v) is 11.1. The maximum absolute atomic E-state index is 12.0. The summed E-state index contributed by atoms with van der Waals surface area (Å²) in [5, 5.41) is 12.1. The average molecular weight is 283 g/mol. The van der Waals surface area contributed by atoms with Gasteiger partial charge in [-0.1, -0.05) is 11.6 Å². The van der Waals surface area contributed by atoms with Gasteiger partial charge >= 0.3 is 5.97 Å². The summed E-state index contributed by atoms with van der Waals surface area (Å²) in [5.41, 5.74) is 0.400. The third-order valence-corrected chi connectivity index (χ3v) is 3.73. The van der Waals surface area contributed by atoms with Gasteiger partial charge in [-0.25, -0.2) is 0 Å². The number of carbonyl (C=O) groups is 2. The first-order valence-electron chi connectivity index (χ1n) is 6.21. The lowest BCUT2D eigenvalue weighted by atomic mass is 9.86. The maximum Gasteiger partial charge on any atom is 0.306 e. The Balaban J connectivity index is 1.91. The van der Waals surface area contributed by atoms with Gasteiger partial charge in [0.1, 0.15) is 0 Å². The molecule has 2 rings (SSSR count). The van der Waals surface area contributed by atoms with Crippen LogP contribution in [0.3, 0.4) is 0 Å². The van der Waals surface area contributed by atoms with Gasteiger partial charge in [0.2, 0.25) is 0 Å². The van der Waals surface area contributed by atoms with Gasteiger partial charge in [0.15, 0.2) is 0 Å². The molecule has 1 aromatic rings. The van der Waals surface area contributed by atoms with Gasteiger partial charge in [0.05, 0.1) is 16.5 Å². The first-order chi connectivity index (χ1) is 9.08. The Morgan fingerprint density at radius 2 is 2.00 bits per heavy atom. The molecule has 1 aliphatic rings. The number of aliphatic carboxylic acids is 1. The zero-order chi connectivity index (χ0) is 13.8. The number of hydrogen-bond acceptors (Lipinski definition) is 3. The number of nitrogens with zero attached hydrogens (tertiary/aromatic N) is 1. The van der Waals surface area contributed by atoms with Crippen LogP contribution < -0.4 is 5.32 Å². The maximum atomic E-state index is 12.0. The van der Waals surface area contributed by atoms with E-state index in [-0.39, 0.29) is 17.9 Å². The van der Waals surface area contributed by atoms with Crippen molar-refractivity contribution >= 4 is 23.5 Å². The second-order valence-electron chi connectivity index (χ2n) is 4.72. The molecule has 19 heavy (non-hydrogen) atoms. The summed E-state index contributed by atoms with van der Waals surface area (Å²) in [6.45, 7) is 0. The summed E-state index contributed by atoms with van der Waals surface area (Å²) in [6, 6.07) is 1.59. The lowest BCUT2D eigenvalue weighted by Gasteiger charge is -2.26. The van der Waals surface area contributed by atoms with E-state index in [1.54, 1.807) is 6.07 Å². The van der Waals surface area contributed by atoms with Crippen LogP contribution in [-0.2, 0) is 4.79 Å². The minimum absolute atomic E-state index is 0.0207. The van der Waals surface area contributed by atoms with Gasteiger partial charge in [0, 0.05) is 18.4 Å². The highest BCUT2D eigenvalue weighted by Crippen LogP contribution is 2.25. The molecule has 102 valence electrons. The second kappa shape index (κ2) is 6.02. The van der Waals surface area contributed by atoms with Crippen LogP contribution in [0.5, 0.6) is 0 Å². The molecule has 0 aromatic carbocycles. The van der Waals surface area contributed by atoms with Crippen molar-refractivity contribution in [2.75, 3.05) is 0 Å². The van der Waals surface area contributed by atoms with Crippen molar-refractivity contribution in [3.8, 4) is 0 Å². The number of pyridine rings is 1. The molecule has 0 unspecified atom stereocenters. The van der Waals surface area contributed by atoms with Crippen molar-refractivity contribution in [1.29, 1.82) is 0 Å². The number of nitrogens with one attached hydrogen (secondary N) is 1. The van der Waals surface area contributed by atoms with Crippen LogP contribution in [0.2, 0.25) is 5.02 Å². The fourth-order valence-electron chi connectivity index (χ4n) is 2.31. The molecule has 2 N–H and O–H groups in total. The van der Waals surface area contributed by atoms with Gasteiger partial charge in [-0.05, 0) is 31.7 Å². The van der Waals surface area contributed by atoms with Crippen molar-refractivity contribution in [1.82, 2.24) is 10.3 Å². The van der Waals surface area contributed by atoms with E-state index in [1.807, 2.05) is 0 Å². The van der Waals surface area contributed by atoms with Crippen LogP contribution >= 0.6 is 11.6 Å². The molecule has 1 heterocycles. The van der Waals surface area contributed by atoms with Crippen molar-refractivity contribution in [2.45, 2.75) is 31.7 Å². The predicted molar refractivity (Wildman–Crippen MR) is 70.1 cm³/mol. The second-order valence-corrected chi connectivity index (χ2v) is 5.12. The van der Waals surface area contributed by atoms with E-state index in [2.05, 4.69) is 10.3 Å². The number of amides is 1. The Morgan fingerprint density at radius 1 is 1.32 bits per heavy atom. The minimum Gasteiger partial charge on any atom is -0.481 e. The molecule has 1 amide bonds. The van der Waals surface area contributed by atoms with Crippen molar-refractivity contribution < 1.29 is 14.7 Å². The van der Waals surface area contributed by atoms with Crippen LogP contribution in [0.25, 0.3) is 0 Å². The highest BCUT2D eigenvalue weighted by atomic mass is 35.5. The minimum atomic E-state index is -0.748. The van der Waals surface area contributed by atoms with E-state index in [9.17, 15) is 9.59 Å². The number of carboxylic acids is 1. The third kappa shape index (κ3) is 3.44. The first kappa shape index (κ1) is 13.8. The van der Waals surface area contributed by atoms with Crippen LogP contribution in [0, 0.1) is 5.92 Å². The molecule has 1 fully saturated rings. The molecule has 0 atom stereocenters. The number of hydrogen-bond donors (Lipinski definition) is 2. The summed E-state index contributed by atoms with van der Waals surface area (Å²) < 4.78 is 0. The van der Waals surface area contributed by atoms with E-state index >= 15 is 0 Å². The zero-order valence-electron chi connectivity index (χ0n) is 10.3. The Morgan fingerprint density at radius 3 is 2.58 bits per heavy atom. The molecular weight excluding hydrogens is 268 g/mol. The number of rotatable bonds is 3. The number of carboxylic acid groups (broad SMARTS) is 1. The lowest BCUT2D eigenvalue weighted by Crippen LogP contribution is -2.38. The first-order valence-corrected chi connectivity index (χ1v) is 6.59. The molecule has 0 bridgehead atoms.